The van der Waals surface area contributed by atoms with Crippen molar-refractivity contribution in [2.45, 2.75) is 18.2 Å². The summed E-state index contributed by atoms with van der Waals surface area (Å²) in [6.45, 7) is 5.18. The Bertz CT molecular complexity index is 1170. The number of benzene rings is 3. The molecule has 4 aromatic rings. The molecule has 33 heavy (non-hydrogen) atoms. The van der Waals surface area contributed by atoms with E-state index in [1.807, 2.05) is 42.5 Å². The van der Waals surface area contributed by atoms with Crippen molar-refractivity contribution in [2.24, 2.45) is 0 Å². The van der Waals surface area contributed by atoms with E-state index in [0.717, 1.165) is 78.2 Å². The number of fused-ring (bicyclic) bond motifs is 1. The topological polar surface area (TPSA) is 52.4 Å². The highest BCUT2D eigenvalue weighted by Crippen LogP contribution is 2.27. The van der Waals surface area contributed by atoms with E-state index in [4.69, 9.17) is 9.47 Å². The zero-order valence-electron chi connectivity index (χ0n) is 18.6. The van der Waals surface area contributed by atoms with Gasteiger partial charge in [0, 0.05) is 29.9 Å². The summed E-state index contributed by atoms with van der Waals surface area (Å²) in [5, 5.41) is 12.2. The van der Waals surface area contributed by atoms with E-state index in [-0.39, 0.29) is 0 Å². The van der Waals surface area contributed by atoms with Gasteiger partial charge in [0.2, 0.25) is 0 Å². The molecular weight excluding hydrogens is 432 g/mol. The van der Waals surface area contributed by atoms with Crippen LogP contribution in [0.15, 0.2) is 78.0 Å². The van der Waals surface area contributed by atoms with Crippen LogP contribution in [0.1, 0.15) is 12.2 Å². The lowest BCUT2D eigenvalue weighted by Gasteiger charge is -2.26. The van der Waals surface area contributed by atoms with Gasteiger partial charge in [-0.25, -0.2) is 0 Å². The number of para-hydroxylation sites is 1. The molecule has 1 aromatic heterocycles. The number of hydrogen-bond donors (Lipinski definition) is 0. The number of hydrogen-bond acceptors (Lipinski definition) is 6. The fourth-order valence-electron chi connectivity index (χ4n) is 4.06. The van der Waals surface area contributed by atoms with Crippen molar-refractivity contribution in [3.63, 3.8) is 0 Å². The summed E-state index contributed by atoms with van der Waals surface area (Å²) in [7, 11) is 0. The van der Waals surface area contributed by atoms with Crippen LogP contribution in [0.3, 0.4) is 0 Å². The number of aromatic nitrogens is 3. The maximum atomic E-state index is 6.23. The Balaban J connectivity index is 1.30. The zero-order valence-corrected chi connectivity index (χ0v) is 19.4. The van der Waals surface area contributed by atoms with Gasteiger partial charge in [-0.05, 0) is 36.6 Å². The fourth-order valence-corrected chi connectivity index (χ4v) is 4.96. The van der Waals surface area contributed by atoms with Crippen LogP contribution < -0.4 is 4.74 Å². The van der Waals surface area contributed by atoms with Gasteiger partial charge in [0.05, 0.1) is 13.2 Å². The largest absolute Gasteiger partial charge is 0.485 e. The molecular formula is C26H28N4O2S. The van der Waals surface area contributed by atoms with E-state index in [9.17, 15) is 0 Å². The molecule has 6 nitrogen and oxygen atoms in total. The predicted molar refractivity (Wildman–Crippen MR) is 132 cm³/mol. The average Bonchev–Trinajstić information content (AvgIpc) is 3.29. The minimum absolute atomic E-state index is 0.351. The molecule has 0 atom stereocenters. The summed E-state index contributed by atoms with van der Waals surface area (Å²) in [4.78, 5) is 2.47. The van der Waals surface area contributed by atoms with Crippen LogP contribution in [-0.4, -0.2) is 58.3 Å². The monoisotopic (exact) mass is 460 g/mol. The molecule has 0 N–H and O–H groups in total. The summed E-state index contributed by atoms with van der Waals surface area (Å²) in [6, 6.07) is 24.7. The lowest BCUT2D eigenvalue weighted by Crippen LogP contribution is -2.36. The first-order chi connectivity index (χ1) is 16.4. The van der Waals surface area contributed by atoms with Crippen LogP contribution in [0.5, 0.6) is 5.75 Å². The number of nitrogens with zero attached hydrogens (tertiary/aromatic N) is 4. The maximum absolute atomic E-state index is 6.23. The molecule has 3 aromatic carbocycles. The third-order valence-corrected chi connectivity index (χ3v) is 6.79. The summed E-state index contributed by atoms with van der Waals surface area (Å²) >= 11 is 1.75. The van der Waals surface area contributed by atoms with Crippen LogP contribution in [0.2, 0.25) is 0 Å². The van der Waals surface area contributed by atoms with Crippen LogP contribution in [-0.2, 0) is 11.3 Å². The third-order valence-electron chi connectivity index (χ3n) is 5.77. The summed E-state index contributed by atoms with van der Waals surface area (Å²) in [5.74, 6) is 2.65. The van der Waals surface area contributed by atoms with Gasteiger partial charge in [0.15, 0.2) is 11.0 Å². The summed E-state index contributed by atoms with van der Waals surface area (Å²) in [5.41, 5.74) is 1.05. The molecule has 7 heteroatoms. The Morgan fingerprint density at radius 2 is 1.67 bits per heavy atom. The van der Waals surface area contributed by atoms with Gasteiger partial charge >= 0.3 is 0 Å². The summed E-state index contributed by atoms with van der Waals surface area (Å²) in [6.07, 6.45) is 1.11. The molecule has 1 fully saturated rings. The first-order valence-corrected chi connectivity index (χ1v) is 12.4. The quantitative estimate of drug-likeness (QED) is 0.264. The Morgan fingerprint density at radius 3 is 2.55 bits per heavy atom. The van der Waals surface area contributed by atoms with Gasteiger partial charge in [0.1, 0.15) is 12.4 Å². The molecule has 0 radical (unpaired) electrons. The summed E-state index contributed by atoms with van der Waals surface area (Å²) < 4.78 is 13.8. The Hall–Kier alpha value is -2.87. The highest BCUT2D eigenvalue weighted by atomic mass is 32.2. The molecule has 0 amide bonds. The smallest absolute Gasteiger partial charge is 0.195 e. The van der Waals surface area contributed by atoms with E-state index < -0.39 is 0 Å². The van der Waals surface area contributed by atoms with E-state index in [2.05, 4.69) is 50.0 Å². The predicted octanol–water partition coefficient (Wildman–Crippen LogP) is 4.81. The lowest BCUT2D eigenvalue weighted by atomic mass is 10.1. The Morgan fingerprint density at radius 1 is 0.879 bits per heavy atom. The average molecular weight is 461 g/mol. The van der Waals surface area contributed by atoms with Gasteiger partial charge < -0.3 is 9.47 Å². The molecule has 1 saturated heterocycles. The molecule has 1 aliphatic rings. The second-order valence-electron chi connectivity index (χ2n) is 7.99. The van der Waals surface area contributed by atoms with Crippen molar-refractivity contribution < 1.29 is 9.47 Å². The molecule has 1 aliphatic heterocycles. The van der Waals surface area contributed by atoms with Gasteiger partial charge in [-0.15, -0.1) is 10.2 Å². The third kappa shape index (κ3) is 5.38. The SMILES string of the molecule is c1ccc(-n2c(COc3cccc4ccccc34)nnc2SCCCN2CCOCC2)cc1. The molecule has 0 bridgehead atoms. The van der Waals surface area contributed by atoms with Gasteiger partial charge in [-0.3, -0.25) is 9.47 Å². The van der Waals surface area contributed by atoms with E-state index in [0.29, 0.717) is 6.61 Å². The second-order valence-corrected chi connectivity index (χ2v) is 9.05. The van der Waals surface area contributed by atoms with E-state index in [1.165, 1.54) is 0 Å². The van der Waals surface area contributed by atoms with Crippen LogP contribution >= 0.6 is 11.8 Å². The van der Waals surface area contributed by atoms with Gasteiger partial charge in [-0.2, -0.15) is 0 Å². The first kappa shape index (κ1) is 21.9. The first-order valence-electron chi connectivity index (χ1n) is 11.4. The van der Waals surface area contributed by atoms with Crippen LogP contribution in [0.25, 0.3) is 16.5 Å². The standard InChI is InChI=1S/C26H28N4O2S/c1-2-10-22(11-3-1)30-25(20-32-24-13-6-9-21-8-4-5-12-23(21)24)27-28-26(30)33-19-7-14-29-15-17-31-18-16-29/h1-6,8-13H,7,14-20H2. The molecule has 0 saturated carbocycles. The van der Waals surface area contributed by atoms with Gasteiger partial charge in [-0.1, -0.05) is 66.4 Å². The van der Waals surface area contributed by atoms with Crippen molar-refractivity contribution in [1.82, 2.24) is 19.7 Å². The number of morpholine rings is 1. The van der Waals surface area contributed by atoms with E-state index >= 15 is 0 Å². The molecule has 2 heterocycles. The van der Waals surface area contributed by atoms with Crippen molar-refractivity contribution >= 4 is 22.5 Å². The number of ether oxygens (including phenoxy) is 2. The normalized spacial score (nSPS) is 14.5. The zero-order chi connectivity index (χ0) is 22.3. The van der Waals surface area contributed by atoms with Crippen molar-refractivity contribution in [3.05, 3.63) is 78.6 Å². The molecule has 5 rings (SSSR count). The van der Waals surface area contributed by atoms with E-state index in [1.54, 1.807) is 11.8 Å². The molecule has 0 aliphatic carbocycles. The second kappa shape index (κ2) is 10.8. The van der Waals surface area contributed by atoms with Crippen LogP contribution in [0, 0.1) is 0 Å². The van der Waals surface area contributed by atoms with Crippen molar-refractivity contribution in [1.29, 1.82) is 0 Å². The minimum atomic E-state index is 0.351. The number of thioether (sulfide) groups is 1. The molecule has 170 valence electrons. The maximum Gasteiger partial charge on any atom is 0.195 e. The van der Waals surface area contributed by atoms with Crippen molar-refractivity contribution in [3.8, 4) is 11.4 Å². The van der Waals surface area contributed by atoms with Gasteiger partial charge in [0.25, 0.3) is 0 Å². The molecule has 0 spiro atoms. The highest BCUT2D eigenvalue weighted by Gasteiger charge is 2.16. The Labute approximate surface area is 198 Å². The number of rotatable bonds is 9. The lowest BCUT2D eigenvalue weighted by molar-refractivity contribution is 0.0381. The van der Waals surface area contributed by atoms with Crippen molar-refractivity contribution in [2.75, 3.05) is 38.6 Å². The molecule has 0 unspecified atom stereocenters. The fraction of sp³-hybridized carbons (Fsp3) is 0.308. The van der Waals surface area contributed by atoms with Crippen LogP contribution in [0.4, 0.5) is 0 Å². The Kier molecular flexibility index (Phi) is 7.20. The highest BCUT2D eigenvalue weighted by molar-refractivity contribution is 7.99. The minimum Gasteiger partial charge on any atom is -0.485 e.